The number of rotatable bonds is 5. The van der Waals surface area contributed by atoms with Crippen molar-refractivity contribution in [3.63, 3.8) is 0 Å². The van der Waals surface area contributed by atoms with Crippen molar-refractivity contribution < 1.29 is 24.2 Å². The zero-order chi connectivity index (χ0) is 21.3. The highest BCUT2D eigenvalue weighted by Gasteiger charge is 2.46. The van der Waals surface area contributed by atoms with Crippen LogP contribution in [0.1, 0.15) is 17.3 Å². The maximum Gasteiger partial charge on any atom is 0.295 e. The molecular weight excluding hydrogens is 386 g/mol. The number of carbonyl (C=O) groups excluding carboxylic acids is 2. The zero-order valence-electron chi connectivity index (χ0n) is 16.9. The van der Waals surface area contributed by atoms with Gasteiger partial charge in [0.15, 0.2) is 0 Å². The third kappa shape index (κ3) is 3.39. The number of likely N-dealkylation sites (tertiary alicyclic amines) is 1. The summed E-state index contributed by atoms with van der Waals surface area (Å²) in [6.45, 7) is 1.77. The van der Waals surface area contributed by atoms with Crippen LogP contribution in [-0.2, 0) is 14.3 Å². The molecule has 0 radical (unpaired) electrons. The Bertz CT molecular complexity index is 1010. The number of aromatic nitrogens is 1. The lowest BCUT2D eigenvalue weighted by atomic mass is 9.97. The molecule has 1 fully saturated rings. The number of carbonyl (C=O) groups is 2. The number of aliphatic hydroxyl groups excluding tert-OH is 1. The van der Waals surface area contributed by atoms with E-state index in [1.165, 1.54) is 12.0 Å². The van der Waals surface area contributed by atoms with E-state index >= 15 is 0 Å². The smallest absolute Gasteiger partial charge is 0.295 e. The van der Waals surface area contributed by atoms with Gasteiger partial charge in [0.05, 0.1) is 30.1 Å². The summed E-state index contributed by atoms with van der Waals surface area (Å²) in [6.07, 6.45) is 1.59. The Kier molecular flexibility index (Phi) is 5.41. The normalized spacial score (nSPS) is 20.3. The zero-order valence-corrected chi connectivity index (χ0v) is 16.9. The van der Waals surface area contributed by atoms with Crippen LogP contribution in [0.25, 0.3) is 5.76 Å². The van der Waals surface area contributed by atoms with Gasteiger partial charge in [-0.05, 0) is 30.3 Å². The highest BCUT2D eigenvalue weighted by atomic mass is 16.5. The topological polar surface area (TPSA) is 92.2 Å². The molecule has 0 spiro atoms. The van der Waals surface area contributed by atoms with Crippen LogP contribution in [0.5, 0.6) is 5.75 Å². The van der Waals surface area contributed by atoms with Gasteiger partial charge in [0.2, 0.25) is 0 Å². The van der Waals surface area contributed by atoms with Crippen LogP contribution < -0.4 is 9.64 Å². The number of ether oxygens (including phenoxy) is 2. The van der Waals surface area contributed by atoms with E-state index < -0.39 is 17.7 Å². The summed E-state index contributed by atoms with van der Waals surface area (Å²) in [7, 11) is 3.46. The van der Waals surface area contributed by atoms with Crippen molar-refractivity contribution in [2.45, 2.75) is 6.04 Å². The number of likely N-dealkylation sites (N-methyl/N-ethyl adjacent to an activating group) is 1. The number of aliphatic hydroxyl groups is 1. The standard InChI is InChI=1S/C22H23N3O5/c1-24-9-12-30-17-7-6-14(13-16(17)24)20(26)18-19(15-5-3-4-8-23-15)25(10-11-29-2)22(28)21(18)27/h3-8,13,19,26H,9-12H2,1-2H3/b20-18-. The van der Waals surface area contributed by atoms with Crippen LogP contribution in [0.3, 0.4) is 0 Å². The molecule has 156 valence electrons. The number of fused-ring (bicyclic) bond motifs is 1. The van der Waals surface area contributed by atoms with Gasteiger partial charge >= 0.3 is 0 Å². The van der Waals surface area contributed by atoms with Crippen molar-refractivity contribution in [2.75, 3.05) is 45.4 Å². The van der Waals surface area contributed by atoms with Crippen molar-refractivity contribution in [1.82, 2.24) is 9.88 Å². The molecule has 3 heterocycles. The fourth-order valence-corrected chi connectivity index (χ4v) is 3.80. The van der Waals surface area contributed by atoms with Crippen LogP contribution in [0.4, 0.5) is 5.69 Å². The monoisotopic (exact) mass is 409 g/mol. The molecule has 0 aliphatic carbocycles. The summed E-state index contributed by atoms with van der Waals surface area (Å²) in [4.78, 5) is 33.4. The van der Waals surface area contributed by atoms with Gasteiger partial charge < -0.3 is 24.4 Å². The van der Waals surface area contributed by atoms with Crippen LogP contribution in [0.2, 0.25) is 0 Å². The number of benzene rings is 1. The highest BCUT2D eigenvalue weighted by Crippen LogP contribution is 2.40. The molecule has 1 aromatic carbocycles. The molecule has 1 saturated heterocycles. The molecule has 1 atom stereocenters. The molecule has 1 N–H and O–H groups in total. The van der Waals surface area contributed by atoms with Gasteiger partial charge in [-0.2, -0.15) is 0 Å². The van der Waals surface area contributed by atoms with E-state index in [1.54, 1.807) is 42.6 Å². The van der Waals surface area contributed by atoms with E-state index in [0.717, 1.165) is 5.69 Å². The van der Waals surface area contributed by atoms with Crippen molar-refractivity contribution in [2.24, 2.45) is 0 Å². The minimum absolute atomic E-state index is 0.0223. The maximum atomic E-state index is 12.9. The van der Waals surface area contributed by atoms with Crippen LogP contribution in [0.15, 0.2) is 48.2 Å². The molecule has 30 heavy (non-hydrogen) atoms. The predicted octanol–water partition coefficient (Wildman–Crippen LogP) is 1.98. The largest absolute Gasteiger partial charge is 0.507 e. The molecule has 0 bridgehead atoms. The molecule has 1 amide bonds. The van der Waals surface area contributed by atoms with E-state index in [2.05, 4.69) is 4.98 Å². The Labute approximate surface area is 174 Å². The average Bonchev–Trinajstić information content (AvgIpc) is 3.02. The summed E-state index contributed by atoms with van der Waals surface area (Å²) < 4.78 is 10.8. The Balaban J connectivity index is 1.83. The van der Waals surface area contributed by atoms with Crippen LogP contribution in [0, 0.1) is 0 Å². The minimum atomic E-state index is -0.786. The molecule has 1 aromatic heterocycles. The second-order valence-electron chi connectivity index (χ2n) is 7.19. The number of ketones is 1. The van der Waals surface area contributed by atoms with E-state index in [1.807, 2.05) is 11.9 Å². The predicted molar refractivity (Wildman–Crippen MR) is 110 cm³/mol. The van der Waals surface area contributed by atoms with Crippen molar-refractivity contribution >= 4 is 23.1 Å². The van der Waals surface area contributed by atoms with Gasteiger partial charge in [-0.15, -0.1) is 0 Å². The second-order valence-corrected chi connectivity index (χ2v) is 7.19. The highest BCUT2D eigenvalue weighted by molar-refractivity contribution is 6.46. The van der Waals surface area contributed by atoms with Crippen LogP contribution in [-0.4, -0.2) is 67.1 Å². The number of Topliss-reactive ketones (excluding diaryl/α,β-unsaturated/α-hetero) is 1. The first-order valence-corrected chi connectivity index (χ1v) is 9.69. The number of anilines is 1. The summed E-state index contributed by atoms with van der Waals surface area (Å²) in [6, 6.07) is 9.70. The van der Waals surface area contributed by atoms with Gasteiger partial charge in [-0.1, -0.05) is 6.07 Å². The van der Waals surface area contributed by atoms with Gasteiger partial charge in [0.25, 0.3) is 11.7 Å². The summed E-state index contributed by atoms with van der Waals surface area (Å²) in [5, 5.41) is 11.1. The molecule has 2 aromatic rings. The van der Waals surface area contributed by atoms with Crippen molar-refractivity contribution in [3.8, 4) is 5.75 Å². The molecular formula is C22H23N3O5. The SMILES string of the molecule is COCCN1C(=O)C(=O)/C(=C(\O)c2ccc3c(c2)N(C)CCO3)C1c1ccccn1. The Morgan fingerprint density at radius 1 is 1.30 bits per heavy atom. The second kappa shape index (κ2) is 8.16. The van der Waals surface area contributed by atoms with Gasteiger partial charge in [-0.3, -0.25) is 14.6 Å². The molecule has 8 heteroatoms. The molecule has 2 aliphatic rings. The number of amides is 1. The third-order valence-electron chi connectivity index (χ3n) is 5.37. The lowest BCUT2D eigenvalue weighted by molar-refractivity contribution is -0.140. The Morgan fingerprint density at radius 2 is 2.13 bits per heavy atom. The van der Waals surface area contributed by atoms with Crippen molar-refractivity contribution in [3.05, 3.63) is 59.4 Å². The first-order chi connectivity index (χ1) is 14.5. The molecule has 2 aliphatic heterocycles. The van der Waals surface area contributed by atoms with Gasteiger partial charge in [0.1, 0.15) is 24.2 Å². The summed E-state index contributed by atoms with van der Waals surface area (Å²) in [5.41, 5.74) is 1.78. The van der Waals surface area contributed by atoms with Crippen LogP contribution >= 0.6 is 0 Å². The summed E-state index contributed by atoms with van der Waals surface area (Å²) >= 11 is 0. The number of hydrogen-bond donors (Lipinski definition) is 1. The number of nitrogens with zero attached hydrogens (tertiary/aromatic N) is 3. The van der Waals surface area contributed by atoms with E-state index in [9.17, 15) is 14.7 Å². The fraction of sp³-hybridized carbons (Fsp3) is 0.318. The molecule has 8 nitrogen and oxygen atoms in total. The Hall–Kier alpha value is -3.39. The minimum Gasteiger partial charge on any atom is -0.507 e. The van der Waals surface area contributed by atoms with E-state index in [0.29, 0.717) is 30.2 Å². The van der Waals surface area contributed by atoms with E-state index in [4.69, 9.17) is 9.47 Å². The molecule has 1 unspecified atom stereocenters. The lowest BCUT2D eigenvalue weighted by Crippen LogP contribution is -2.33. The first kappa shape index (κ1) is 19.9. The number of methoxy groups -OCH3 is 1. The first-order valence-electron chi connectivity index (χ1n) is 9.69. The fourth-order valence-electron chi connectivity index (χ4n) is 3.80. The molecule has 0 saturated carbocycles. The number of hydrogen-bond acceptors (Lipinski definition) is 7. The van der Waals surface area contributed by atoms with Gasteiger partial charge in [-0.25, -0.2) is 0 Å². The third-order valence-corrected chi connectivity index (χ3v) is 5.37. The molecule has 4 rings (SSSR count). The van der Waals surface area contributed by atoms with E-state index in [-0.39, 0.29) is 24.5 Å². The maximum absolute atomic E-state index is 12.9. The average molecular weight is 409 g/mol. The van der Waals surface area contributed by atoms with Crippen molar-refractivity contribution in [1.29, 1.82) is 0 Å². The summed E-state index contributed by atoms with van der Waals surface area (Å²) in [5.74, 6) is -0.933. The quantitative estimate of drug-likeness (QED) is 0.459. The number of pyridine rings is 1. The lowest BCUT2D eigenvalue weighted by Gasteiger charge is -2.28. The van der Waals surface area contributed by atoms with Gasteiger partial charge in [0, 0.05) is 32.5 Å². The Morgan fingerprint density at radius 3 is 2.87 bits per heavy atom.